The minimum atomic E-state index is -0.694. The van der Waals surface area contributed by atoms with Crippen LogP contribution in [0.4, 0.5) is 0 Å². The fourth-order valence-electron chi connectivity index (χ4n) is 2.58. The van der Waals surface area contributed by atoms with Gasteiger partial charge in [-0.3, -0.25) is 14.4 Å². The van der Waals surface area contributed by atoms with Crippen LogP contribution in [0.5, 0.6) is 11.5 Å². The van der Waals surface area contributed by atoms with Crippen molar-refractivity contribution in [2.24, 2.45) is 0 Å². The molecule has 1 aromatic rings. The summed E-state index contributed by atoms with van der Waals surface area (Å²) >= 11 is 0. The van der Waals surface area contributed by atoms with Crippen molar-refractivity contribution in [2.45, 2.75) is 19.3 Å². The van der Waals surface area contributed by atoms with Crippen LogP contribution in [-0.2, 0) is 14.4 Å². The highest BCUT2D eigenvalue weighted by atomic mass is 16.5. The molecular formula is C18H25N3O5. The molecule has 1 aliphatic rings. The Hall–Kier alpha value is -2.77. The Kier molecular flexibility index (Phi) is 7.73. The predicted molar refractivity (Wildman–Crippen MR) is 94.9 cm³/mol. The van der Waals surface area contributed by atoms with E-state index < -0.39 is 11.8 Å². The maximum absolute atomic E-state index is 11.7. The van der Waals surface area contributed by atoms with E-state index in [0.29, 0.717) is 31.7 Å². The van der Waals surface area contributed by atoms with Gasteiger partial charge in [-0.05, 0) is 37.1 Å². The number of carbonyl (C=O) groups is 3. The molecule has 0 unspecified atom stereocenters. The van der Waals surface area contributed by atoms with Crippen molar-refractivity contribution in [2.75, 3.05) is 39.9 Å². The summed E-state index contributed by atoms with van der Waals surface area (Å²) in [6.07, 6.45) is 2.13. The highest BCUT2D eigenvalue weighted by Crippen LogP contribution is 2.16. The second-order valence-corrected chi connectivity index (χ2v) is 5.87. The molecule has 142 valence electrons. The van der Waals surface area contributed by atoms with E-state index in [4.69, 9.17) is 9.47 Å². The van der Waals surface area contributed by atoms with Gasteiger partial charge in [-0.2, -0.15) is 0 Å². The number of rotatable bonds is 9. The van der Waals surface area contributed by atoms with E-state index in [-0.39, 0.29) is 19.1 Å². The molecule has 0 radical (unpaired) electrons. The summed E-state index contributed by atoms with van der Waals surface area (Å²) in [5.74, 6) is 0.172. The maximum Gasteiger partial charge on any atom is 0.309 e. The molecule has 8 heteroatoms. The van der Waals surface area contributed by atoms with Crippen molar-refractivity contribution in [1.29, 1.82) is 0 Å². The number of hydrogen-bond acceptors (Lipinski definition) is 5. The first kappa shape index (κ1) is 19.6. The van der Waals surface area contributed by atoms with Gasteiger partial charge in [0.1, 0.15) is 18.1 Å². The number of carbonyl (C=O) groups excluding carboxylic acids is 3. The van der Waals surface area contributed by atoms with E-state index in [1.54, 1.807) is 36.3 Å². The molecule has 2 rings (SSSR count). The monoisotopic (exact) mass is 363 g/mol. The normalized spacial score (nSPS) is 13.4. The van der Waals surface area contributed by atoms with E-state index in [0.717, 1.165) is 18.7 Å². The molecule has 0 saturated carbocycles. The summed E-state index contributed by atoms with van der Waals surface area (Å²) < 4.78 is 10.5. The van der Waals surface area contributed by atoms with Crippen LogP contribution in [0.2, 0.25) is 0 Å². The standard InChI is InChI=1S/C18H25N3O5/c1-25-14-5-7-15(8-6-14)26-13-10-20-18(24)17(23)19-9-3-12-21-11-2-4-16(21)22/h5-8H,2-4,9-13H2,1H3,(H,19,23)(H,20,24). The number of nitrogens with one attached hydrogen (secondary N) is 2. The third-order valence-corrected chi connectivity index (χ3v) is 3.98. The average Bonchev–Trinajstić information content (AvgIpc) is 3.07. The van der Waals surface area contributed by atoms with Crippen molar-refractivity contribution in [3.63, 3.8) is 0 Å². The second-order valence-electron chi connectivity index (χ2n) is 5.87. The van der Waals surface area contributed by atoms with Gasteiger partial charge in [0.25, 0.3) is 0 Å². The molecule has 1 fully saturated rings. The molecule has 0 aromatic heterocycles. The number of likely N-dealkylation sites (tertiary alicyclic amines) is 1. The SMILES string of the molecule is COc1ccc(OCCNC(=O)C(=O)NCCCN2CCCC2=O)cc1. The zero-order chi connectivity index (χ0) is 18.8. The predicted octanol–water partition coefficient (Wildman–Crippen LogP) is 0.319. The first-order chi connectivity index (χ1) is 12.6. The van der Waals surface area contributed by atoms with Gasteiger partial charge >= 0.3 is 11.8 Å². The van der Waals surface area contributed by atoms with Crippen LogP contribution in [0, 0.1) is 0 Å². The molecular weight excluding hydrogens is 338 g/mol. The Morgan fingerprint density at radius 1 is 1.08 bits per heavy atom. The number of ether oxygens (including phenoxy) is 2. The highest BCUT2D eigenvalue weighted by Gasteiger charge is 2.19. The van der Waals surface area contributed by atoms with Crippen molar-refractivity contribution in [1.82, 2.24) is 15.5 Å². The fourth-order valence-corrected chi connectivity index (χ4v) is 2.58. The first-order valence-corrected chi connectivity index (χ1v) is 8.71. The van der Waals surface area contributed by atoms with E-state index in [1.807, 2.05) is 0 Å². The van der Waals surface area contributed by atoms with E-state index in [1.165, 1.54) is 0 Å². The summed E-state index contributed by atoms with van der Waals surface area (Å²) in [7, 11) is 1.59. The van der Waals surface area contributed by atoms with Gasteiger partial charge < -0.3 is 25.0 Å². The quantitative estimate of drug-likeness (QED) is 0.486. The van der Waals surface area contributed by atoms with E-state index in [9.17, 15) is 14.4 Å². The van der Waals surface area contributed by atoms with Crippen LogP contribution in [0.15, 0.2) is 24.3 Å². The van der Waals surface area contributed by atoms with Crippen molar-refractivity contribution >= 4 is 17.7 Å². The molecule has 0 atom stereocenters. The number of amides is 3. The minimum Gasteiger partial charge on any atom is -0.497 e. The van der Waals surface area contributed by atoms with Gasteiger partial charge in [0.2, 0.25) is 5.91 Å². The van der Waals surface area contributed by atoms with Gasteiger partial charge in [0, 0.05) is 26.1 Å². The highest BCUT2D eigenvalue weighted by molar-refractivity contribution is 6.35. The van der Waals surface area contributed by atoms with Crippen LogP contribution in [0.25, 0.3) is 0 Å². The molecule has 2 N–H and O–H groups in total. The van der Waals surface area contributed by atoms with Gasteiger partial charge in [-0.15, -0.1) is 0 Å². The molecule has 0 spiro atoms. The van der Waals surface area contributed by atoms with Crippen molar-refractivity contribution in [3.05, 3.63) is 24.3 Å². The Morgan fingerprint density at radius 2 is 1.73 bits per heavy atom. The number of nitrogens with zero attached hydrogens (tertiary/aromatic N) is 1. The average molecular weight is 363 g/mol. The Labute approximate surface area is 152 Å². The van der Waals surface area contributed by atoms with E-state index >= 15 is 0 Å². The molecule has 0 bridgehead atoms. The summed E-state index contributed by atoms with van der Waals surface area (Å²) in [5.41, 5.74) is 0. The molecule has 1 saturated heterocycles. The third kappa shape index (κ3) is 6.27. The van der Waals surface area contributed by atoms with Gasteiger partial charge in [0.15, 0.2) is 0 Å². The first-order valence-electron chi connectivity index (χ1n) is 8.71. The molecule has 0 aliphatic carbocycles. The van der Waals surface area contributed by atoms with Crippen LogP contribution >= 0.6 is 0 Å². The Bertz CT molecular complexity index is 618. The lowest BCUT2D eigenvalue weighted by atomic mass is 10.3. The molecule has 3 amide bonds. The zero-order valence-corrected chi connectivity index (χ0v) is 15.0. The smallest absolute Gasteiger partial charge is 0.309 e. The molecule has 26 heavy (non-hydrogen) atoms. The fraction of sp³-hybridized carbons (Fsp3) is 0.500. The van der Waals surface area contributed by atoms with Gasteiger partial charge in [0.05, 0.1) is 13.7 Å². The molecule has 8 nitrogen and oxygen atoms in total. The minimum absolute atomic E-state index is 0.158. The van der Waals surface area contributed by atoms with Crippen LogP contribution < -0.4 is 20.1 Å². The lowest BCUT2D eigenvalue weighted by Crippen LogP contribution is -2.42. The summed E-state index contributed by atoms with van der Waals surface area (Å²) in [6, 6.07) is 7.07. The molecule has 1 heterocycles. The number of methoxy groups -OCH3 is 1. The maximum atomic E-state index is 11.7. The van der Waals surface area contributed by atoms with Crippen LogP contribution in [0.1, 0.15) is 19.3 Å². The summed E-state index contributed by atoms with van der Waals surface area (Å²) in [4.78, 5) is 36.6. The van der Waals surface area contributed by atoms with Crippen LogP contribution in [0.3, 0.4) is 0 Å². The summed E-state index contributed by atoms with van der Waals surface area (Å²) in [5, 5.41) is 5.05. The lowest BCUT2D eigenvalue weighted by molar-refractivity contribution is -0.139. The molecule has 1 aliphatic heterocycles. The molecule has 1 aromatic carbocycles. The number of hydrogen-bond donors (Lipinski definition) is 2. The lowest BCUT2D eigenvalue weighted by Gasteiger charge is -2.15. The Morgan fingerprint density at radius 3 is 2.35 bits per heavy atom. The largest absolute Gasteiger partial charge is 0.497 e. The van der Waals surface area contributed by atoms with Crippen molar-refractivity contribution in [3.8, 4) is 11.5 Å². The zero-order valence-electron chi connectivity index (χ0n) is 15.0. The van der Waals surface area contributed by atoms with Gasteiger partial charge in [-0.25, -0.2) is 0 Å². The topological polar surface area (TPSA) is 97.0 Å². The number of benzene rings is 1. The Balaban J connectivity index is 1.53. The second kappa shape index (κ2) is 10.3. The van der Waals surface area contributed by atoms with E-state index in [2.05, 4.69) is 10.6 Å². The third-order valence-electron chi connectivity index (χ3n) is 3.98. The van der Waals surface area contributed by atoms with Crippen LogP contribution in [-0.4, -0.2) is 62.5 Å². The summed E-state index contributed by atoms with van der Waals surface area (Å²) in [6.45, 7) is 2.22. The van der Waals surface area contributed by atoms with Crippen molar-refractivity contribution < 1.29 is 23.9 Å². The van der Waals surface area contributed by atoms with Gasteiger partial charge in [-0.1, -0.05) is 0 Å².